The molecule has 33 heavy (non-hydrogen) atoms. The van der Waals surface area contributed by atoms with Crippen LogP contribution in [0.15, 0.2) is 60.8 Å². The molecule has 2 aromatic rings. The number of carbonyl (C=O) groups excluding carboxylic acids is 1. The van der Waals surface area contributed by atoms with Crippen LogP contribution in [0.1, 0.15) is 37.7 Å². The number of sulfonamides is 1. The van der Waals surface area contributed by atoms with Gasteiger partial charge in [-0.15, -0.1) is 0 Å². The lowest BCUT2D eigenvalue weighted by Crippen LogP contribution is -2.45. The molecular weight excluding hydrogens is 438 g/mol. The number of nitrogens with two attached hydrogens (primary N) is 1. The van der Waals surface area contributed by atoms with Crippen LogP contribution in [0.25, 0.3) is 0 Å². The van der Waals surface area contributed by atoms with Crippen molar-refractivity contribution in [1.82, 2.24) is 4.90 Å². The van der Waals surface area contributed by atoms with Gasteiger partial charge in [0.2, 0.25) is 15.9 Å². The molecule has 1 heterocycles. The van der Waals surface area contributed by atoms with Crippen LogP contribution in [0.3, 0.4) is 0 Å². The molecule has 4 rings (SSSR count). The first-order chi connectivity index (χ1) is 15.8. The number of carbonyl (C=O) groups is 1. The molecule has 0 radical (unpaired) electrons. The van der Waals surface area contributed by atoms with E-state index in [1.807, 2.05) is 35.4 Å². The lowest BCUT2D eigenvalue weighted by atomic mass is 9.89. The maximum absolute atomic E-state index is 12.4. The highest BCUT2D eigenvalue weighted by atomic mass is 32.2. The number of rotatable bonds is 9. The molecule has 1 unspecified atom stereocenters. The summed E-state index contributed by atoms with van der Waals surface area (Å²) in [6.07, 6.45) is 10.7. The molecule has 8 heteroatoms. The predicted octanol–water partition coefficient (Wildman–Crippen LogP) is 4.01. The van der Waals surface area contributed by atoms with Crippen molar-refractivity contribution in [2.75, 3.05) is 17.1 Å². The Labute approximate surface area is 195 Å². The summed E-state index contributed by atoms with van der Waals surface area (Å²) in [5.41, 5.74) is 7.07. The Bertz CT molecular complexity index is 1090. The molecule has 1 aliphatic carbocycles. The minimum Gasteiger partial charge on any atom is -0.457 e. The first-order valence-corrected chi connectivity index (χ1v) is 13.2. The normalized spacial score (nSPS) is 18.6. The van der Waals surface area contributed by atoms with Crippen molar-refractivity contribution < 1.29 is 17.9 Å². The van der Waals surface area contributed by atoms with Gasteiger partial charge < -0.3 is 15.4 Å². The number of benzene rings is 2. The molecule has 1 fully saturated rings. The number of nitrogens with zero attached hydrogens (tertiary/aromatic N) is 2. The van der Waals surface area contributed by atoms with Gasteiger partial charge in [-0.1, -0.05) is 31.4 Å². The molecule has 1 atom stereocenters. The second-order valence-electron chi connectivity index (χ2n) is 8.90. The first-order valence-electron chi connectivity index (χ1n) is 11.4. The topological polar surface area (TPSA) is 92.9 Å². The fraction of sp³-hybridized carbons (Fsp3) is 0.400. The van der Waals surface area contributed by atoms with Gasteiger partial charge in [0.1, 0.15) is 17.5 Å². The highest BCUT2D eigenvalue weighted by Gasteiger charge is 2.25. The highest BCUT2D eigenvalue weighted by Crippen LogP contribution is 2.30. The van der Waals surface area contributed by atoms with Gasteiger partial charge in [0.25, 0.3) is 0 Å². The molecule has 0 bridgehead atoms. The first kappa shape index (κ1) is 23.2. The van der Waals surface area contributed by atoms with Crippen LogP contribution in [0.2, 0.25) is 0 Å². The molecule has 2 N–H and O–H groups in total. The minimum absolute atomic E-state index is 0.343. The molecule has 0 saturated heterocycles. The Hall–Kier alpha value is -3.00. The quantitative estimate of drug-likeness (QED) is 0.599. The summed E-state index contributed by atoms with van der Waals surface area (Å²) in [7, 11) is -3.36. The lowest BCUT2D eigenvalue weighted by molar-refractivity contribution is -0.121. The van der Waals surface area contributed by atoms with Crippen molar-refractivity contribution >= 4 is 21.6 Å². The minimum atomic E-state index is -3.36. The third-order valence-corrected chi connectivity index (χ3v) is 7.47. The predicted molar refractivity (Wildman–Crippen MR) is 129 cm³/mol. The van der Waals surface area contributed by atoms with Gasteiger partial charge in [0.15, 0.2) is 0 Å². The maximum atomic E-state index is 12.4. The Morgan fingerprint density at radius 3 is 2.15 bits per heavy atom. The Morgan fingerprint density at radius 1 is 1.03 bits per heavy atom. The fourth-order valence-electron chi connectivity index (χ4n) is 4.43. The number of amides is 1. The molecular formula is C25H31N3O4S. The molecule has 2 aliphatic rings. The van der Waals surface area contributed by atoms with Crippen LogP contribution < -0.4 is 14.8 Å². The largest absolute Gasteiger partial charge is 0.457 e. The third kappa shape index (κ3) is 5.87. The van der Waals surface area contributed by atoms with Gasteiger partial charge in [-0.2, -0.15) is 0 Å². The van der Waals surface area contributed by atoms with E-state index < -0.39 is 10.0 Å². The zero-order valence-electron chi connectivity index (χ0n) is 18.9. The Balaban J connectivity index is 1.38. The highest BCUT2D eigenvalue weighted by molar-refractivity contribution is 7.92. The van der Waals surface area contributed by atoms with E-state index >= 15 is 0 Å². The van der Waals surface area contributed by atoms with Crippen LogP contribution >= 0.6 is 0 Å². The summed E-state index contributed by atoms with van der Waals surface area (Å²) >= 11 is 0. The average molecular weight is 470 g/mol. The summed E-state index contributed by atoms with van der Waals surface area (Å²) < 4.78 is 32.3. The van der Waals surface area contributed by atoms with Crippen LogP contribution in [-0.2, 0) is 21.4 Å². The second kappa shape index (κ2) is 9.87. The molecule has 0 aromatic heterocycles. The average Bonchev–Trinajstić information content (AvgIpc) is 2.76. The number of ether oxygens (including phenoxy) is 1. The van der Waals surface area contributed by atoms with E-state index in [1.54, 1.807) is 30.3 Å². The van der Waals surface area contributed by atoms with Crippen LogP contribution in [0.4, 0.5) is 5.69 Å². The molecule has 176 valence electrons. The zero-order valence-corrected chi connectivity index (χ0v) is 19.7. The van der Waals surface area contributed by atoms with Gasteiger partial charge in [-0.3, -0.25) is 9.10 Å². The summed E-state index contributed by atoms with van der Waals surface area (Å²) in [5, 5.41) is 0. The molecule has 1 aliphatic heterocycles. The van der Waals surface area contributed by atoms with E-state index in [-0.39, 0.29) is 11.9 Å². The van der Waals surface area contributed by atoms with E-state index in [4.69, 9.17) is 10.5 Å². The van der Waals surface area contributed by atoms with Crippen molar-refractivity contribution in [2.24, 2.45) is 11.7 Å². The van der Waals surface area contributed by atoms with Crippen molar-refractivity contribution in [3.63, 3.8) is 0 Å². The monoisotopic (exact) mass is 469 g/mol. The van der Waals surface area contributed by atoms with Gasteiger partial charge in [-0.25, -0.2) is 8.42 Å². The number of primary amides is 1. The van der Waals surface area contributed by atoms with Crippen LogP contribution in [0, 0.1) is 5.92 Å². The summed E-state index contributed by atoms with van der Waals surface area (Å²) in [6.45, 7) is 1.13. The van der Waals surface area contributed by atoms with Crippen molar-refractivity contribution in [3.05, 3.63) is 66.4 Å². The standard InChI is InChI=1S/C25H31N3O4S/c1-33(30,31)28(18-19-5-3-2-4-6-19)21-9-13-23(14-10-21)32-22-11-7-20(8-12-22)17-27-16-15-24(27)25(26)29/h7-16,19,24H,2-6,17-18H2,1H3,(H2,26,29). The fourth-order valence-corrected chi connectivity index (χ4v) is 5.42. The Kier molecular flexibility index (Phi) is 6.93. The molecule has 1 saturated carbocycles. The van der Waals surface area contributed by atoms with Crippen molar-refractivity contribution in [2.45, 2.75) is 44.7 Å². The summed E-state index contributed by atoms with van der Waals surface area (Å²) in [6, 6.07) is 14.5. The van der Waals surface area contributed by atoms with E-state index in [0.717, 1.165) is 18.4 Å². The maximum Gasteiger partial charge on any atom is 0.244 e. The van der Waals surface area contributed by atoms with Crippen LogP contribution in [-0.4, -0.2) is 38.1 Å². The van der Waals surface area contributed by atoms with Gasteiger partial charge >= 0.3 is 0 Å². The number of anilines is 1. The summed E-state index contributed by atoms with van der Waals surface area (Å²) in [5.74, 6) is 1.37. The summed E-state index contributed by atoms with van der Waals surface area (Å²) in [4.78, 5) is 13.2. The molecule has 7 nitrogen and oxygen atoms in total. The van der Waals surface area contributed by atoms with E-state index in [1.165, 1.54) is 29.8 Å². The zero-order chi connectivity index (χ0) is 23.4. The van der Waals surface area contributed by atoms with Crippen molar-refractivity contribution in [3.8, 4) is 11.5 Å². The second-order valence-corrected chi connectivity index (χ2v) is 10.8. The molecule has 2 aromatic carbocycles. The molecule has 0 spiro atoms. The van der Waals surface area contributed by atoms with E-state index in [2.05, 4.69) is 0 Å². The number of hydrogen-bond acceptors (Lipinski definition) is 5. The van der Waals surface area contributed by atoms with E-state index in [9.17, 15) is 13.2 Å². The van der Waals surface area contributed by atoms with Crippen molar-refractivity contribution in [1.29, 1.82) is 0 Å². The molecule has 1 amide bonds. The third-order valence-electron chi connectivity index (χ3n) is 6.31. The SMILES string of the molecule is CS(=O)(=O)N(CC1CCCCC1)c1ccc(Oc2ccc(CN3C=CC3C(N)=O)cc2)cc1. The van der Waals surface area contributed by atoms with Gasteiger partial charge in [-0.05, 0) is 73.0 Å². The van der Waals surface area contributed by atoms with E-state index in [0.29, 0.717) is 36.2 Å². The lowest BCUT2D eigenvalue weighted by Gasteiger charge is -2.33. The van der Waals surface area contributed by atoms with Gasteiger partial charge in [0, 0.05) is 13.1 Å². The number of hydrogen-bond donors (Lipinski definition) is 1. The Morgan fingerprint density at radius 2 is 1.64 bits per heavy atom. The smallest absolute Gasteiger partial charge is 0.244 e. The van der Waals surface area contributed by atoms with Gasteiger partial charge in [0.05, 0.1) is 11.9 Å². The van der Waals surface area contributed by atoms with Crippen LogP contribution in [0.5, 0.6) is 11.5 Å².